The van der Waals surface area contributed by atoms with Gasteiger partial charge in [0.2, 0.25) is 0 Å². The summed E-state index contributed by atoms with van der Waals surface area (Å²) >= 11 is 0. The topological polar surface area (TPSA) is 40.1 Å². The van der Waals surface area contributed by atoms with Gasteiger partial charge in [0.05, 0.1) is 5.97 Å². The van der Waals surface area contributed by atoms with E-state index in [4.69, 9.17) is 0 Å². The first-order valence-corrected chi connectivity index (χ1v) is 2.57. The second-order valence-electron chi connectivity index (χ2n) is 1.64. The number of carboxylic acid groups (broad SMARTS) is 1. The summed E-state index contributed by atoms with van der Waals surface area (Å²) in [4.78, 5) is 9.88. The van der Waals surface area contributed by atoms with Crippen molar-refractivity contribution in [3.63, 3.8) is 0 Å². The van der Waals surface area contributed by atoms with E-state index in [0.29, 0.717) is 6.42 Å². The average molecular weight is 113 g/mol. The summed E-state index contributed by atoms with van der Waals surface area (Å²) < 4.78 is 0. The van der Waals surface area contributed by atoms with Gasteiger partial charge in [0, 0.05) is 0 Å². The van der Waals surface area contributed by atoms with Gasteiger partial charge in [-0.3, -0.25) is 0 Å². The van der Waals surface area contributed by atoms with Crippen LogP contribution in [0.15, 0.2) is 12.2 Å². The fourth-order valence-corrected chi connectivity index (χ4v) is 0.404. The highest BCUT2D eigenvalue weighted by molar-refractivity contribution is 5.83. The Balaban J connectivity index is 3.49. The number of rotatable bonds is 3. The molecule has 0 saturated heterocycles. The second-order valence-corrected chi connectivity index (χ2v) is 1.64. The molecule has 0 rings (SSSR count). The lowest BCUT2D eigenvalue weighted by Gasteiger charge is -2.01. The van der Waals surface area contributed by atoms with Crippen LogP contribution in [0.4, 0.5) is 0 Å². The lowest BCUT2D eigenvalue weighted by molar-refractivity contribution is -0.299. The Labute approximate surface area is 48.8 Å². The highest BCUT2D eigenvalue weighted by Gasteiger charge is 1.89. The molecular weight excluding hydrogens is 104 g/mol. The summed E-state index contributed by atoms with van der Waals surface area (Å²) in [5, 5.41) is 9.88. The van der Waals surface area contributed by atoms with Crippen molar-refractivity contribution in [3.05, 3.63) is 12.2 Å². The van der Waals surface area contributed by atoms with Crippen molar-refractivity contribution in [2.24, 2.45) is 0 Å². The fourth-order valence-electron chi connectivity index (χ4n) is 0.404. The molecule has 2 nitrogen and oxygen atoms in total. The van der Waals surface area contributed by atoms with Gasteiger partial charge in [-0.2, -0.15) is 0 Å². The fraction of sp³-hybridized carbons (Fsp3) is 0.500. The summed E-state index contributed by atoms with van der Waals surface area (Å²) in [5.41, 5.74) is 0.188. The minimum Gasteiger partial charge on any atom is -0.545 e. The van der Waals surface area contributed by atoms with Crippen molar-refractivity contribution in [1.29, 1.82) is 0 Å². The molecule has 0 saturated carbocycles. The average Bonchev–Trinajstić information content (AvgIpc) is 1.67. The number of carbonyl (C=O) groups is 1. The zero-order chi connectivity index (χ0) is 6.57. The Hall–Kier alpha value is -0.790. The maximum absolute atomic E-state index is 9.88. The number of carbonyl (C=O) groups excluding carboxylic acids is 1. The molecule has 0 fully saturated rings. The summed E-state index contributed by atoms with van der Waals surface area (Å²) in [7, 11) is 0. The van der Waals surface area contributed by atoms with Crippen molar-refractivity contribution in [2.75, 3.05) is 0 Å². The van der Waals surface area contributed by atoms with Crippen LogP contribution in [0.25, 0.3) is 0 Å². The van der Waals surface area contributed by atoms with Gasteiger partial charge in [0.25, 0.3) is 0 Å². The zero-order valence-electron chi connectivity index (χ0n) is 4.94. The SMILES string of the molecule is C=C(CCC)C(=O)[O-]. The summed E-state index contributed by atoms with van der Waals surface area (Å²) in [6, 6.07) is 0. The lowest BCUT2D eigenvalue weighted by Crippen LogP contribution is -2.23. The molecule has 0 aliphatic heterocycles. The molecule has 0 atom stereocenters. The van der Waals surface area contributed by atoms with E-state index in [1.54, 1.807) is 0 Å². The quantitative estimate of drug-likeness (QED) is 0.487. The first-order valence-electron chi connectivity index (χ1n) is 2.57. The molecule has 0 aromatic carbocycles. The van der Waals surface area contributed by atoms with Crippen LogP contribution in [0.3, 0.4) is 0 Å². The van der Waals surface area contributed by atoms with Gasteiger partial charge in [0.1, 0.15) is 0 Å². The van der Waals surface area contributed by atoms with E-state index < -0.39 is 5.97 Å². The highest BCUT2D eigenvalue weighted by atomic mass is 16.4. The van der Waals surface area contributed by atoms with Crippen LogP contribution in [0.5, 0.6) is 0 Å². The van der Waals surface area contributed by atoms with Crippen LogP contribution in [-0.4, -0.2) is 5.97 Å². The van der Waals surface area contributed by atoms with Crippen LogP contribution in [-0.2, 0) is 4.79 Å². The summed E-state index contributed by atoms with van der Waals surface area (Å²) in [6.45, 7) is 5.18. The normalized spacial score (nSPS) is 8.62. The first-order chi connectivity index (χ1) is 3.68. The van der Waals surface area contributed by atoms with Crippen molar-refractivity contribution in [1.82, 2.24) is 0 Å². The molecule has 0 N–H and O–H groups in total. The Morgan fingerprint density at radius 3 is 2.38 bits per heavy atom. The highest BCUT2D eigenvalue weighted by Crippen LogP contribution is 1.97. The molecule has 0 aromatic heterocycles. The molecule has 0 bridgehead atoms. The third kappa shape index (κ3) is 2.39. The van der Waals surface area contributed by atoms with Crippen LogP contribution in [0.1, 0.15) is 19.8 Å². The van der Waals surface area contributed by atoms with E-state index in [1.165, 1.54) is 0 Å². The van der Waals surface area contributed by atoms with Gasteiger partial charge in [-0.1, -0.05) is 19.9 Å². The maximum atomic E-state index is 9.88. The van der Waals surface area contributed by atoms with Crippen molar-refractivity contribution < 1.29 is 9.90 Å². The molecule has 0 aromatic rings. The van der Waals surface area contributed by atoms with Gasteiger partial charge < -0.3 is 9.90 Å². The Morgan fingerprint density at radius 1 is 1.75 bits per heavy atom. The number of aliphatic carboxylic acids is 1. The largest absolute Gasteiger partial charge is 0.545 e. The van der Waals surface area contributed by atoms with Gasteiger partial charge in [-0.15, -0.1) is 0 Å². The maximum Gasteiger partial charge on any atom is 0.0668 e. The van der Waals surface area contributed by atoms with Gasteiger partial charge >= 0.3 is 0 Å². The van der Waals surface area contributed by atoms with E-state index in [9.17, 15) is 9.90 Å². The molecule has 0 aliphatic rings. The van der Waals surface area contributed by atoms with Crippen LogP contribution in [0.2, 0.25) is 0 Å². The van der Waals surface area contributed by atoms with Crippen molar-refractivity contribution in [2.45, 2.75) is 19.8 Å². The number of hydrogen-bond acceptors (Lipinski definition) is 2. The molecule has 46 valence electrons. The molecule has 8 heavy (non-hydrogen) atoms. The molecule has 0 amide bonds. The van der Waals surface area contributed by atoms with E-state index in [-0.39, 0.29) is 5.57 Å². The standard InChI is InChI=1S/C6H10O2/c1-3-4-5(2)6(7)8/h2-4H2,1H3,(H,7,8)/p-1. The molecular formula is C6H9O2-. The van der Waals surface area contributed by atoms with E-state index >= 15 is 0 Å². The minimum absolute atomic E-state index is 0.188. The molecule has 0 radical (unpaired) electrons. The summed E-state index contributed by atoms with van der Waals surface area (Å²) in [6.07, 6.45) is 1.34. The van der Waals surface area contributed by atoms with E-state index in [0.717, 1.165) is 6.42 Å². The zero-order valence-corrected chi connectivity index (χ0v) is 4.94. The molecule has 0 heterocycles. The number of carboxylic acids is 1. The molecule has 0 unspecified atom stereocenters. The van der Waals surface area contributed by atoms with E-state index in [2.05, 4.69) is 6.58 Å². The van der Waals surface area contributed by atoms with Gasteiger partial charge in [-0.25, -0.2) is 0 Å². The van der Waals surface area contributed by atoms with Crippen molar-refractivity contribution >= 4 is 5.97 Å². The molecule has 0 spiro atoms. The monoisotopic (exact) mass is 113 g/mol. The Bertz CT molecular complexity index is 105. The lowest BCUT2D eigenvalue weighted by atomic mass is 10.2. The Morgan fingerprint density at radius 2 is 2.25 bits per heavy atom. The van der Waals surface area contributed by atoms with Gasteiger partial charge in [0.15, 0.2) is 0 Å². The first kappa shape index (κ1) is 7.21. The minimum atomic E-state index is -1.13. The smallest absolute Gasteiger partial charge is 0.0668 e. The van der Waals surface area contributed by atoms with Crippen LogP contribution < -0.4 is 5.11 Å². The predicted molar refractivity (Wildman–Crippen MR) is 29.1 cm³/mol. The van der Waals surface area contributed by atoms with Crippen molar-refractivity contribution in [3.8, 4) is 0 Å². The van der Waals surface area contributed by atoms with Gasteiger partial charge in [-0.05, 0) is 12.0 Å². The third-order valence-electron chi connectivity index (χ3n) is 0.840. The second kappa shape index (κ2) is 3.24. The van der Waals surface area contributed by atoms with E-state index in [1.807, 2.05) is 6.92 Å². The van der Waals surface area contributed by atoms with Crippen LogP contribution >= 0.6 is 0 Å². The molecule has 2 heteroatoms. The predicted octanol–water partition coefficient (Wildman–Crippen LogP) is 0.0926. The Kier molecular flexibility index (Phi) is 2.92. The van der Waals surface area contributed by atoms with Crippen LogP contribution in [0, 0.1) is 0 Å². The summed E-state index contributed by atoms with van der Waals surface area (Å²) in [5.74, 6) is -1.13. The third-order valence-corrected chi connectivity index (χ3v) is 0.840. The molecule has 0 aliphatic carbocycles. The number of hydrogen-bond donors (Lipinski definition) is 0.